The molecule has 118 valence electrons. The van der Waals surface area contributed by atoms with Crippen molar-refractivity contribution < 1.29 is 14.6 Å². The maximum Gasteiger partial charge on any atom is 0.161 e. The molecule has 1 aliphatic rings. The van der Waals surface area contributed by atoms with Crippen LogP contribution in [0.25, 0.3) is 0 Å². The summed E-state index contributed by atoms with van der Waals surface area (Å²) >= 11 is 0. The minimum atomic E-state index is -0.556. The van der Waals surface area contributed by atoms with Crippen molar-refractivity contribution in [3.63, 3.8) is 0 Å². The maximum absolute atomic E-state index is 10.9. The summed E-state index contributed by atoms with van der Waals surface area (Å²) in [6.45, 7) is 5.58. The van der Waals surface area contributed by atoms with Crippen molar-refractivity contribution in [1.29, 1.82) is 0 Å². The summed E-state index contributed by atoms with van der Waals surface area (Å²) in [6.07, 6.45) is 2.09. The third kappa shape index (κ3) is 3.01. The summed E-state index contributed by atoms with van der Waals surface area (Å²) in [7, 11) is 4.05. The van der Waals surface area contributed by atoms with Gasteiger partial charge in [-0.25, -0.2) is 0 Å². The van der Waals surface area contributed by atoms with Crippen LogP contribution >= 0.6 is 0 Å². The molecule has 4 heteroatoms. The number of likely N-dealkylation sites (N-methyl/N-ethyl adjacent to an activating group) is 1. The molecule has 0 fully saturated rings. The van der Waals surface area contributed by atoms with Crippen LogP contribution < -0.4 is 9.47 Å². The van der Waals surface area contributed by atoms with Crippen molar-refractivity contribution in [1.82, 2.24) is 4.90 Å². The second kappa shape index (κ2) is 6.67. The maximum atomic E-state index is 10.9. The van der Waals surface area contributed by atoms with Crippen LogP contribution in [0, 0.1) is 0 Å². The first-order valence-electron chi connectivity index (χ1n) is 7.80. The normalized spacial score (nSPS) is 16.7. The molecule has 0 spiro atoms. The average Bonchev–Trinajstić information content (AvgIpc) is 2.73. The van der Waals surface area contributed by atoms with E-state index in [0.29, 0.717) is 13.2 Å². The molecule has 0 radical (unpaired) electrons. The van der Waals surface area contributed by atoms with Crippen molar-refractivity contribution in [2.45, 2.75) is 44.8 Å². The number of hydrogen-bond acceptors (Lipinski definition) is 4. The van der Waals surface area contributed by atoms with Gasteiger partial charge in [-0.15, -0.1) is 0 Å². The lowest BCUT2D eigenvalue weighted by molar-refractivity contribution is -0.0150. The fraction of sp³-hybridized carbons (Fsp3) is 0.647. The summed E-state index contributed by atoms with van der Waals surface area (Å²) in [6, 6.07) is 5.78. The first kappa shape index (κ1) is 16.1. The molecule has 1 aliphatic heterocycles. The molecule has 0 bridgehead atoms. The van der Waals surface area contributed by atoms with Crippen LogP contribution in [0.1, 0.15) is 44.8 Å². The van der Waals surface area contributed by atoms with Gasteiger partial charge in [0.05, 0.1) is 19.3 Å². The highest BCUT2D eigenvalue weighted by atomic mass is 16.5. The van der Waals surface area contributed by atoms with Crippen LogP contribution in [-0.2, 0) is 0 Å². The third-order valence-corrected chi connectivity index (χ3v) is 4.71. The minimum absolute atomic E-state index is 0.264. The van der Waals surface area contributed by atoms with Gasteiger partial charge in [0.1, 0.15) is 0 Å². The molecule has 1 aromatic carbocycles. The summed E-state index contributed by atoms with van der Waals surface area (Å²) in [4.78, 5) is 2.13. The number of hydrogen-bond donors (Lipinski definition) is 1. The van der Waals surface area contributed by atoms with Gasteiger partial charge in [0.25, 0.3) is 0 Å². The van der Waals surface area contributed by atoms with Crippen LogP contribution in [0.4, 0.5) is 0 Å². The number of benzene rings is 1. The molecular weight excluding hydrogens is 266 g/mol. The second-order valence-electron chi connectivity index (χ2n) is 5.86. The minimum Gasteiger partial charge on any atom is -0.490 e. The van der Waals surface area contributed by atoms with E-state index in [1.165, 1.54) is 0 Å². The largest absolute Gasteiger partial charge is 0.490 e. The zero-order valence-electron chi connectivity index (χ0n) is 13.6. The summed E-state index contributed by atoms with van der Waals surface area (Å²) < 4.78 is 11.4. The first-order valence-corrected chi connectivity index (χ1v) is 7.80. The Kier molecular flexibility index (Phi) is 5.12. The van der Waals surface area contributed by atoms with Crippen molar-refractivity contribution in [3.8, 4) is 11.5 Å². The van der Waals surface area contributed by atoms with E-state index < -0.39 is 6.10 Å². The van der Waals surface area contributed by atoms with Gasteiger partial charge in [0.2, 0.25) is 0 Å². The van der Waals surface area contributed by atoms with Gasteiger partial charge in [0.15, 0.2) is 11.5 Å². The Bertz CT molecular complexity index is 469. The van der Waals surface area contributed by atoms with E-state index in [9.17, 15) is 5.11 Å². The quantitative estimate of drug-likeness (QED) is 0.906. The van der Waals surface area contributed by atoms with Crippen molar-refractivity contribution in [2.24, 2.45) is 0 Å². The number of aliphatic hydroxyl groups excluding tert-OH is 1. The van der Waals surface area contributed by atoms with E-state index in [1.807, 2.05) is 32.3 Å². The van der Waals surface area contributed by atoms with Crippen molar-refractivity contribution >= 4 is 0 Å². The fourth-order valence-corrected chi connectivity index (χ4v) is 3.17. The SMILES string of the molecule is CCC(CC)(C(O)c1ccc2c(c1)OCCCO2)N(C)C. The van der Waals surface area contributed by atoms with Crippen molar-refractivity contribution in [3.05, 3.63) is 23.8 Å². The lowest BCUT2D eigenvalue weighted by Gasteiger charge is -2.42. The topological polar surface area (TPSA) is 41.9 Å². The van der Waals surface area contributed by atoms with Crippen LogP contribution in [0.15, 0.2) is 18.2 Å². The van der Waals surface area contributed by atoms with E-state index in [0.717, 1.165) is 36.3 Å². The molecular formula is C17H27NO3. The highest BCUT2D eigenvalue weighted by Gasteiger charge is 2.38. The van der Waals surface area contributed by atoms with Crippen LogP contribution in [-0.4, -0.2) is 42.9 Å². The Labute approximate surface area is 127 Å². The fourth-order valence-electron chi connectivity index (χ4n) is 3.17. The molecule has 1 N–H and O–H groups in total. The molecule has 4 nitrogen and oxygen atoms in total. The Balaban J connectivity index is 2.34. The van der Waals surface area contributed by atoms with E-state index in [-0.39, 0.29) is 5.54 Å². The molecule has 0 saturated heterocycles. The van der Waals surface area contributed by atoms with Crippen LogP contribution in [0.2, 0.25) is 0 Å². The number of nitrogens with zero attached hydrogens (tertiary/aromatic N) is 1. The monoisotopic (exact) mass is 293 g/mol. The molecule has 1 aromatic rings. The van der Waals surface area contributed by atoms with Gasteiger partial charge in [0, 0.05) is 12.0 Å². The lowest BCUT2D eigenvalue weighted by Crippen LogP contribution is -2.48. The summed E-state index contributed by atoms with van der Waals surface area (Å²) in [5.74, 6) is 1.51. The van der Waals surface area contributed by atoms with Gasteiger partial charge in [-0.3, -0.25) is 0 Å². The second-order valence-corrected chi connectivity index (χ2v) is 5.86. The zero-order valence-corrected chi connectivity index (χ0v) is 13.6. The molecule has 0 aliphatic carbocycles. The number of aliphatic hydroxyl groups is 1. The molecule has 2 rings (SSSR count). The van der Waals surface area contributed by atoms with E-state index >= 15 is 0 Å². The molecule has 0 saturated carbocycles. The smallest absolute Gasteiger partial charge is 0.161 e. The Morgan fingerprint density at radius 1 is 1.14 bits per heavy atom. The Morgan fingerprint density at radius 2 is 1.76 bits per heavy atom. The lowest BCUT2D eigenvalue weighted by atomic mass is 9.81. The van der Waals surface area contributed by atoms with Crippen molar-refractivity contribution in [2.75, 3.05) is 27.3 Å². The standard InChI is InChI=1S/C17H27NO3/c1-5-17(6-2,18(3)4)16(19)13-8-9-14-15(12-13)21-11-7-10-20-14/h8-9,12,16,19H,5-7,10-11H2,1-4H3. The zero-order chi connectivity index (χ0) is 15.5. The highest BCUT2D eigenvalue weighted by Crippen LogP contribution is 2.39. The molecule has 1 unspecified atom stereocenters. The Hall–Kier alpha value is -1.26. The van der Waals surface area contributed by atoms with E-state index in [1.54, 1.807) is 0 Å². The molecule has 0 aromatic heterocycles. The van der Waals surface area contributed by atoms with E-state index in [4.69, 9.17) is 9.47 Å². The first-order chi connectivity index (χ1) is 10.0. The number of rotatable bonds is 5. The van der Waals surface area contributed by atoms with Crippen LogP contribution in [0.3, 0.4) is 0 Å². The van der Waals surface area contributed by atoms with Gasteiger partial charge < -0.3 is 19.5 Å². The van der Waals surface area contributed by atoms with Gasteiger partial charge in [-0.1, -0.05) is 19.9 Å². The molecule has 0 amide bonds. The third-order valence-electron chi connectivity index (χ3n) is 4.71. The van der Waals surface area contributed by atoms with Gasteiger partial charge in [-0.05, 0) is 44.6 Å². The van der Waals surface area contributed by atoms with E-state index in [2.05, 4.69) is 18.7 Å². The van der Waals surface area contributed by atoms with Gasteiger partial charge in [-0.2, -0.15) is 0 Å². The highest BCUT2D eigenvalue weighted by molar-refractivity contribution is 5.44. The average molecular weight is 293 g/mol. The predicted octanol–water partition coefficient (Wildman–Crippen LogP) is 3.00. The summed E-state index contributed by atoms with van der Waals surface area (Å²) in [5.41, 5.74) is 0.622. The molecule has 1 atom stereocenters. The number of ether oxygens (including phenoxy) is 2. The predicted molar refractivity (Wildman–Crippen MR) is 84.0 cm³/mol. The number of fused-ring (bicyclic) bond motifs is 1. The Morgan fingerprint density at radius 3 is 2.33 bits per heavy atom. The molecule has 21 heavy (non-hydrogen) atoms. The molecule has 1 heterocycles. The van der Waals surface area contributed by atoms with Gasteiger partial charge >= 0.3 is 0 Å². The summed E-state index contributed by atoms with van der Waals surface area (Å²) in [5, 5.41) is 10.9. The van der Waals surface area contributed by atoms with Crippen LogP contribution in [0.5, 0.6) is 11.5 Å².